The van der Waals surface area contributed by atoms with Gasteiger partial charge >= 0.3 is 0 Å². The predicted octanol–water partition coefficient (Wildman–Crippen LogP) is 4.47. The summed E-state index contributed by atoms with van der Waals surface area (Å²) in [5.74, 6) is 0.364. The van der Waals surface area contributed by atoms with Crippen LogP contribution in [0, 0.1) is 6.92 Å². The van der Waals surface area contributed by atoms with E-state index < -0.39 is 15.9 Å². The number of anilines is 1. The van der Waals surface area contributed by atoms with E-state index in [4.69, 9.17) is 4.74 Å². The van der Waals surface area contributed by atoms with Crippen LogP contribution in [0.3, 0.4) is 0 Å². The van der Waals surface area contributed by atoms with Crippen LogP contribution >= 0.6 is 0 Å². The highest BCUT2D eigenvalue weighted by molar-refractivity contribution is 7.92. The van der Waals surface area contributed by atoms with Gasteiger partial charge in [-0.3, -0.25) is 9.10 Å². The van der Waals surface area contributed by atoms with Gasteiger partial charge in [0.1, 0.15) is 12.3 Å². The summed E-state index contributed by atoms with van der Waals surface area (Å²) in [6, 6.07) is 22.4. The smallest absolute Gasteiger partial charge is 0.264 e. The number of nitrogens with zero attached hydrogens (tertiary/aromatic N) is 1. The molecule has 32 heavy (non-hydrogen) atoms. The highest BCUT2D eigenvalue weighted by Gasteiger charge is 2.28. The monoisotopic (exact) mass is 452 g/mol. The lowest BCUT2D eigenvalue weighted by Gasteiger charge is -2.26. The third kappa shape index (κ3) is 5.48. The van der Waals surface area contributed by atoms with E-state index in [-0.39, 0.29) is 17.5 Å². The van der Waals surface area contributed by atoms with E-state index in [9.17, 15) is 13.2 Å². The molecule has 0 fully saturated rings. The maximum atomic E-state index is 13.4. The van der Waals surface area contributed by atoms with Crippen molar-refractivity contribution in [3.63, 3.8) is 0 Å². The molecule has 7 heteroatoms. The Morgan fingerprint density at radius 1 is 0.969 bits per heavy atom. The van der Waals surface area contributed by atoms with Crippen molar-refractivity contribution in [2.75, 3.05) is 17.5 Å². The fourth-order valence-corrected chi connectivity index (χ4v) is 4.89. The third-order valence-electron chi connectivity index (χ3n) is 5.07. The second kappa shape index (κ2) is 10.3. The van der Waals surface area contributed by atoms with Gasteiger partial charge < -0.3 is 10.1 Å². The molecule has 0 heterocycles. The molecule has 3 aromatic carbocycles. The van der Waals surface area contributed by atoms with Crippen molar-refractivity contribution in [1.82, 2.24) is 5.32 Å². The van der Waals surface area contributed by atoms with Crippen LogP contribution in [-0.2, 0) is 14.8 Å². The normalized spacial score (nSPS) is 12.1. The Labute approximate surface area is 189 Å². The van der Waals surface area contributed by atoms with Crippen molar-refractivity contribution in [2.24, 2.45) is 0 Å². The number of aryl methyl sites for hydroxylation is 1. The molecular formula is C25H28N2O4S. The molecule has 0 bridgehead atoms. The zero-order valence-corrected chi connectivity index (χ0v) is 19.3. The number of hydrogen-bond acceptors (Lipinski definition) is 4. The van der Waals surface area contributed by atoms with Gasteiger partial charge in [0.2, 0.25) is 5.91 Å². The van der Waals surface area contributed by atoms with Gasteiger partial charge in [-0.15, -0.1) is 0 Å². The minimum atomic E-state index is -3.93. The summed E-state index contributed by atoms with van der Waals surface area (Å²) >= 11 is 0. The summed E-state index contributed by atoms with van der Waals surface area (Å²) in [4.78, 5) is 13.1. The quantitative estimate of drug-likeness (QED) is 0.520. The SMILES string of the molecule is CCOc1ccc([C@H](C)NC(=O)CN(c2ccccc2C)S(=O)(=O)c2ccccc2)cc1. The van der Waals surface area contributed by atoms with Gasteiger partial charge in [-0.2, -0.15) is 0 Å². The van der Waals surface area contributed by atoms with Crippen molar-refractivity contribution < 1.29 is 17.9 Å². The van der Waals surface area contributed by atoms with Gasteiger partial charge in [-0.1, -0.05) is 48.5 Å². The first-order chi connectivity index (χ1) is 15.3. The summed E-state index contributed by atoms with van der Waals surface area (Å²) < 4.78 is 33.4. The molecule has 1 amide bonds. The van der Waals surface area contributed by atoms with Gasteiger partial charge in [-0.25, -0.2) is 8.42 Å². The largest absolute Gasteiger partial charge is 0.494 e. The van der Waals surface area contributed by atoms with Crippen LogP contribution in [0.2, 0.25) is 0 Å². The van der Waals surface area contributed by atoms with Crippen molar-refractivity contribution in [3.05, 3.63) is 90.0 Å². The lowest BCUT2D eigenvalue weighted by molar-refractivity contribution is -0.120. The second-order valence-electron chi connectivity index (χ2n) is 7.40. The van der Waals surface area contributed by atoms with Gasteiger partial charge in [-0.05, 0) is 62.2 Å². The van der Waals surface area contributed by atoms with E-state index >= 15 is 0 Å². The van der Waals surface area contributed by atoms with E-state index in [1.807, 2.05) is 57.2 Å². The highest BCUT2D eigenvalue weighted by atomic mass is 32.2. The Morgan fingerprint density at radius 3 is 2.22 bits per heavy atom. The van der Waals surface area contributed by atoms with Gasteiger partial charge in [0.25, 0.3) is 10.0 Å². The molecule has 0 unspecified atom stereocenters. The number of sulfonamides is 1. The van der Waals surface area contributed by atoms with Crippen molar-refractivity contribution in [1.29, 1.82) is 0 Å². The van der Waals surface area contributed by atoms with Crippen molar-refractivity contribution in [3.8, 4) is 5.75 Å². The standard InChI is InChI=1S/C25H28N2O4S/c1-4-31-22-16-14-21(15-17-22)20(3)26-25(28)18-27(24-13-9-8-10-19(24)2)32(29,30)23-11-6-5-7-12-23/h5-17,20H,4,18H2,1-3H3,(H,26,28)/t20-/m0/s1. The van der Waals surface area contributed by atoms with Crippen LogP contribution < -0.4 is 14.4 Å². The van der Waals surface area contributed by atoms with E-state index in [1.165, 1.54) is 12.1 Å². The van der Waals surface area contributed by atoms with Crippen LogP contribution in [0.15, 0.2) is 83.8 Å². The minimum absolute atomic E-state index is 0.135. The average molecular weight is 453 g/mol. The molecular weight excluding hydrogens is 424 g/mol. The number of nitrogens with one attached hydrogen (secondary N) is 1. The lowest BCUT2D eigenvalue weighted by Crippen LogP contribution is -2.41. The Morgan fingerprint density at radius 2 is 1.59 bits per heavy atom. The molecule has 1 atom stereocenters. The Hall–Kier alpha value is -3.32. The van der Waals surface area contributed by atoms with Crippen LogP contribution in [-0.4, -0.2) is 27.5 Å². The lowest BCUT2D eigenvalue weighted by atomic mass is 10.1. The molecule has 3 rings (SSSR count). The number of hydrogen-bond donors (Lipinski definition) is 1. The molecule has 0 aliphatic carbocycles. The molecule has 0 radical (unpaired) electrons. The Balaban J connectivity index is 1.83. The Bertz CT molecular complexity index is 1150. The molecule has 0 spiro atoms. The van der Waals surface area contributed by atoms with Crippen molar-refractivity contribution >= 4 is 21.6 Å². The fraction of sp³-hybridized carbons (Fsp3) is 0.240. The summed E-state index contributed by atoms with van der Waals surface area (Å²) in [5, 5.41) is 2.91. The summed E-state index contributed by atoms with van der Waals surface area (Å²) in [5.41, 5.74) is 2.13. The maximum Gasteiger partial charge on any atom is 0.264 e. The van der Waals surface area contributed by atoms with Gasteiger partial charge in [0, 0.05) is 0 Å². The van der Waals surface area contributed by atoms with E-state index in [0.717, 1.165) is 21.2 Å². The summed E-state index contributed by atoms with van der Waals surface area (Å²) in [7, 11) is -3.93. The first-order valence-electron chi connectivity index (χ1n) is 10.5. The van der Waals surface area contributed by atoms with Crippen molar-refractivity contribution in [2.45, 2.75) is 31.7 Å². The molecule has 0 aliphatic heterocycles. The van der Waals surface area contributed by atoms with Crippen LogP contribution in [0.25, 0.3) is 0 Å². The molecule has 0 saturated heterocycles. The number of rotatable bonds is 9. The highest BCUT2D eigenvalue weighted by Crippen LogP contribution is 2.26. The molecule has 3 aromatic rings. The molecule has 168 valence electrons. The molecule has 0 saturated carbocycles. The van der Waals surface area contributed by atoms with Crippen LogP contribution in [0.1, 0.15) is 31.0 Å². The number of carbonyl (C=O) groups excluding carboxylic acids is 1. The topological polar surface area (TPSA) is 75.7 Å². The first kappa shape index (κ1) is 23.3. The molecule has 0 aliphatic rings. The number of ether oxygens (including phenoxy) is 1. The fourth-order valence-electron chi connectivity index (χ4n) is 3.38. The van der Waals surface area contributed by atoms with E-state index in [0.29, 0.717) is 12.3 Å². The van der Waals surface area contributed by atoms with Crippen LogP contribution in [0.5, 0.6) is 5.75 Å². The zero-order valence-electron chi connectivity index (χ0n) is 18.5. The van der Waals surface area contributed by atoms with Gasteiger partial charge in [0.05, 0.1) is 23.2 Å². The molecule has 6 nitrogen and oxygen atoms in total. The average Bonchev–Trinajstić information content (AvgIpc) is 2.79. The van der Waals surface area contributed by atoms with Crippen LogP contribution in [0.4, 0.5) is 5.69 Å². The second-order valence-corrected chi connectivity index (χ2v) is 9.26. The number of amides is 1. The summed E-state index contributed by atoms with van der Waals surface area (Å²) in [6.45, 7) is 5.85. The maximum absolute atomic E-state index is 13.4. The molecule has 0 aromatic heterocycles. The van der Waals surface area contributed by atoms with Gasteiger partial charge in [0.15, 0.2) is 0 Å². The predicted molar refractivity (Wildman–Crippen MR) is 126 cm³/mol. The van der Waals surface area contributed by atoms with E-state index in [1.54, 1.807) is 30.3 Å². The molecule has 1 N–H and O–H groups in total. The number of benzene rings is 3. The zero-order chi connectivity index (χ0) is 23.1. The minimum Gasteiger partial charge on any atom is -0.494 e. The number of para-hydroxylation sites is 1. The Kier molecular flexibility index (Phi) is 7.53. The number of carbonyl (C=O) groups is 1. The van der Waals surface area contributed by atoms with E-state index in [2.05, 4.69) is 5.32 Å². The third-order valence-corrected chi connectivity index (χ3v) is 6.85. The summed E-state index contributed by atoms with van der Waals surface area (Å²) in [6.07, 6.45) is 0. The first-order valence-corrected chi connectivity index (χ1v) is 11.9.